The van der Waals surface area contributed by atoms with Gasteiger partial charge in [0.15, 0.2) is 5.82 Å². The van der Waals surface area contributed by atoms with Crippen LogP contribution in [-0.4, -0.2) is 20.2 Å². The van der Waals surface area contributed by atoms with Crippen molar-refractivity contribution in [3.05, 3.63) is 52.6 Å². The maximum atomic E-state index is 4.39. The summed E-state index contributed by atoms with van der Waals surface area (Å²) < 4.78 is 1.17. The van der Waals surface area contributed by atoms with Crippen molar-refractivity contribution in [3.8, 4) is 22.5 Å². The first-order valence-corrected chi connectivity index (χ1v) is 6.48. The van der Waals surface area contributed by atoms with Crippen LogP contribution in [0.25, 0.3) is 22.5 Å². The number of nitrogens with zero attached hydrogens (tertiary/aromatic N) is 3. The van der Waals surface area contributed by atoms with Crippen LogP contribution in [0.5, 0.6) is 0 Å². The van der Waals surface area contributed by atoms with Crippen molar-refractivity contribution in [1.29, 1.82) is 0 Å². The summed E-state index contributed by atoms with van der Waals surface area (Å²) in [6, 6.07) is 8.12. The van der Waals surface area contributed by atoms with Gasteiger partial charge in [0, 0.05) is 38.9 Å². The highest BCUT2D eigenvalue weighted by molar-refractivity contribution is 14.1. The minimum absolute atomic E-state index is 0.737. The second-order valence-corrected chi connectivity index (χ2v) is 5.04. The second-order valence-electron chi connectivity index (χ2n) is 3.79. The number of nitrogens with one attached hydrogen (secondary N) is 1. The molecule has 88 valence electrons. The van der Waals surface area contributed by atoms with Gasteiger partial charge in [0.25, 0.3) is 0 Å². The highest BCUT2D eigenvalue weighted by Gasteiger charge is 2.03. The van der Waals surface area contributed by atoms with E-state index >= 15 is 0 Å². The number of hydrogen-bond donors (Lipinski definition) is 1. The Hall–Kier alpha value is -1.76. The maximum Gasteiger partial charge on any atom is 0.159 e. The molecule has 0 saturated carbocycles. The van der Waals surface area contributed by atoms with Crippen LogP contribution >= 0.6 is 22.6 Å². The fourth-order valence-electron chi connectivity index (χ4n) is 1.66. The molecule has 4 nitrogen and oxygen atoms in total. The average molecular weight is 348 g/mol. The van der Waals surface area contributed by atoms with Crippen molar-refractivity contribution in [3.63, 3.8) is 0 Å². The quantitative estimate of drug-likeness (QED) is 0.724. The molecule has 1 aromatic carbocycles. The predicted molar refractivity (Wildman–Crippen MR) is 77.8 cm³/mol. The van der Waals surface area contributed by atoms with Crippen LogP contribution in [0.1, 0.15) is 0 Å². The van der Waals surface area contributed by atoms with Gasteiger partial charge in [-0.25, -0.2) is 9.97 Å². The summed E-state index contributed by atoms with van der Waals surface area (Å²) in [7, 11) is 0. The number of rotatable bonds is 2. The van der Waals surface area contributed by atoms with E-state index < -0.39 is 0 Å². The molecular weight excluding hydrogens is 339 g/mol. The third kappa shape index (κ3) is 2.26. The van der Waals surface area contributed by atoms with Gasteiger partial charge >= 0.3 is 0 Å². The van der Waals surface area contributed by atoms with Gasteiger partial charge in [-0.05, 0) is 34.7 Å². The molecule has 0 fully saturated rings. The molecule has 0 spiro atoms. The summed E-state index contributed by atoms with van der Waals surface area (Å²) >= 11 is 2.28. The zero-order valence-electron chi connectivity index (χ0n) is 9.34. The lowest BCUT2D eigenvalue weighted by molar-refractivity contribution is 1.09. The number of hydrogen-bond acceptors (Lipinski definition) is 3. The molecule has 2 heterocycles. The molecule has 18 heavy (non-hydrogen) atoms. The van der Waals surface area contributed by atoms with Crippen LogP contribution in [0.2, 0.25) is 0 Å². The van der Waals surface area contributed by atoms with Gasteiger partial charge in [-0.1, -0.05) is 12.1 Å². The third-order valence-electron chi connectivity index (χ3n) is 2.57. The van der Waals surface area contributed by atoms with E-state index in [-0.39, 0.29) is 0 Å². The smallest absolute Gasteiger partial charge is 0.159 e. The molecule has 0 bridgehead atoms. The molecule has 0 aliphatic heterocycles. The van der Waals surface area contributed by atoms with Crippen LogP contribution in [0.3, 0.4) is 0 Å². The molecule has 0 aliphatic carbocycles. The second kappa shape index (κ2) is 4.85. The molecule has 0 atom stereocenters. The summed E-state index contributed by atoms with van der Waals surface area (Å²) in [6.07, 6.45) is 7.20. The lowest BCUT2D eigenvalue weighted by Crippen LogP contribution is -1.89. The first-order valence-electron chi connectivity index (χ1n) is 5.40. The Morgan fingerprint density at radius 1 is 0.944 bits per heavy atom. The molecule has 2 aromatic heterocycles. The summed E-state index contributed by atoms with van der Waals surface area (Å²) in [5.74, 6) is 0.737. The Labute approximate surface area is 118 Å². The van der Waals surface area contributed by atoms with Crippen LogP contribution in [0, 0.1) is 3.57 Å². The molecule has 0 amide bonds. The first-order chi connectivity index (χ1) is 8.83. The fraction of sp³-hybridized carbons (Fsp3) is 0. The minimum atomic E-state index is 0.737. The van der Waals surface area contributed by atoms with Gasteiger partial charge in [-0.15, -0.1) is 0 Å². The third-order valence-corrected chi connectivity index (χ3v) is 3.24. The van der Waals surface area contributed by atoms with E-state index in [9.17, 15) is 0 Å². The van der Waals surface area contributed by atoms with E-state index in [0.717, 1.165) is 22.5 Å². The number of aromatic nitrogens is 4. The maximum absolute atomic E-state index is 4.39. The van der Waals surface area contributed by atoms with Gasteiger partial charge < -0.3 is 0 Å². The number of benzene rings is 1. The van der Waals surface area contributed by atoms with E-state index in [1.54, 1.807) is 6.20 Å². The Balaban J connectivity index is 1.96. The van der Waals surface area contributed by atoms with E-state index in [4.69, 9.17) is 0 Å². The van der Waals surface area contributed by atoms with E-state index in [1.807, 2.05) is 36.8 Å². The number of H-pyrrole nitrogens is 1. The van der Waals surface area contributed by atoms with E-state index in [0.29, 0.717) is 0 Å². The number of aromatic amines is 1. The van der Waals surface area contributed by atoms with Crippen molar-refractivity contribution in [2.45, 2.75) is 0 Å². The van der Waals surface area contributed by atoms with Gasteiger partial charge in [-0.2, -0.15) is 5.10 Å². The normalized spacial score (nSPS) is 10.5. The predicted octanol–water partition coefficient (Wildman–Crippen LogP) is 3.14. The monoisotopic (exact) mass is 348 g/mol. The van der Waals surface area contributed by atoms with Crippen molar-refractivity contribution in [2.75, 3.05) is 0 Å². The molecule has 5 heteroatoms. The summed E-state index contributed by atoms with van der Waals surface area (Å²) in [5, 5.41) is 6.68. The van der Waals surface area contributed by atoms with E-state index in [1.165, 1.54) is 3.57 Å². The molecule has 1 N–H and O–H groups in total. The molecule has 0 aliphatic rings. The molecule has 3 aromatic rings. The summed E-state index contributed by atoms with van der Waals surface area (Å²) in [6.45, 7) is 0. The van der Waals surface area contributed by atoms with Gasteiger partial charge in [-0.3, -0.25) is 5.10 Å². The van der Waals surface area contributed by atoms with Crippen LogP contribution in [0.4, 0.5) is 0 Å². The van der Waals surface area contributed by atoms with Gasteiger partial charge in [0.1, 0.15) is 0 Å². The zero-order chi connectivity index (χ0) is 12.4. The van der Waals surface area contributed by atoms with Crippen LogP contribution in [-0.2, 0) is 0 Å². The lowest BCUT2D eigenvalue weighted by atomic mass is 10.2. The summed E-state index contributed by atoms with van der Waals surface area (Å²) in [4.78, 5) is 8.78. The Morgan fingerprint density at radius 3 is 2.44 bits per heavy atom. The Morgan fingerprint density at radius 2 is 1.78 bits per heavy atom. The van der Waals surface area contributed by atoms with Gasteiger partial charge in [0.05, 0.1) is 6.20 Å². The molecule has 0 saturated heterocycles. The van der Waals surface area contributed by atoms with Gasteiger partial charge in [0.2, 0.25) is 0 Å². The zero-order valence-corrected chi connectivity index (χ0v) is 11.5. The fourth-order valence-corrected chi connectivity index (χ4v) is 2.21. The van der Waals surface area contributed by atoms with Crippen molar-refractivity contribution >= 4 is 22.6 Å². The topological polar surface area (TPSA) is 54.5 Å². The highest BCUT2D eigenvalue weighted by Crippen LogP contribution is 2.20. The Kier molecular flexibility index (Phi) is 3.06. The SMILES string of the molecule is Ic1cccc(-c2ncc(-c3cn[nH]c3)cn2)c1. The van der Waals surface area contributed by atoms with E-state index in [2.05, 4.69) is 48.8 Å². The minimum Gasteiger partial charge on any atom is -0.285 e. The lowest BCUT2D eigenvalue weighted by Gasteiger charge is -2.01. The Bertz CT molecular complexity index is 647. The van der Waals surface area contributed by atoms with Crippen molar-refractivity contribution in [1.82, 2.24) is 20.2 Å². The van der Waals surface area contributed by atoms with Crippen LogP contribution in [0.15, 0.2) is 49.1 Å². The standard InChI is InChI=1S/C13H9IN4/c14-12-3-1-2-9(4-12)13-15-5-10(6-16-13)11-7-17-18-8-11/h1-8H,(H,17,18). The molecule has 0 unspecified atom stereocenters. The van der Waals surface area contributed by atoms with Crippen LogP contribution < -0.4 is 0 Å². The molecule has 0 radical (unpaired) electrons. The average Bonchev–Trinajstić information content (AvgIpc) is 2.93. The van der Waals surface area contributed by atoms with Crippen molar-refractivity contribution < 1.29 is 0 Å². The first kappa shape index (κ1) is 11.3. The largest absolute Gasteiger partial charge is 0.285 e. The molecule has 3 rings (SSSR count). The number of halogens is 1. The van der Waals surface area contributed by atoms with Crippen molar-refractivity contribution in [2.24, 2.45) is 0 Å². The highest BCUT2D eigenvalue weighted by atomic mass is 127. The summed E-state index contributed by atoms with van der Waals surface area (Å²) in [5.41, 5.74) is 2.97. The molecular formula is C13H9IN4.